The van der Waals surface area contributed by atoms with Gasteiger partial charge in [0.05, 0.1) is 19.9 Å². The third-order valence-corrected chi connectivity index (χ3v) is 5.06. The van der Waals surface area contributed by atoms with Crippen molar-refractivity contribution in [1.29, 1.82) is 0 Å². The van der Waals surface area contributed by atoms with Crippen molar-refractivity contribution in [3.8, 4) is 17.3 Å². The summed E-state index contributed by atoms with van der Waals surface area (Å²) in [6.45, 7) is 1.78. The lowest BCUT2D eigenvalue weighted by molar-refractivity contribution is -0.131. The van der Waals surface area contributed by atoms with E-state index >= 15 is 0 Å². The maximum Gasteiger partial charge on any atom is 0.325 e. The molecule has 1 saturated heterocycles. The molecule has 4 rings (SSSR count). The first-order valence-corrected chi connectivity index (χ1v) is 9.25. The van der Waals surface area contributed by atoms with Crippen molar-refractivity contribution in [3.05, 3.63) is 60.0 Å². The van der Waals surface area contributed by atoms with Gasteiger partial charge in [-0.15, -0.1) is 0 Å². The molecule has 0 bridgehead atoms. The van der Waals surface area contributed by atoms with Gasteiger partial charge in [-0.05, 0) is 49.6 Å². The van der Waals surface area contributed by atoms with Gasteiger partial charge in [0.2, 0.25) is 5.76 Å². The lowest BCUT2D eigenvalue weighted by Gasteiger charge is -2.21. The lowest BCUT2D eigenvalue weighted by Crippen LogP contribution is -2.44. The number of rotatable bonds is 7. The molecule has 3 aromatic rings. The van der Waals surface area contributed by atoms with Gasteiger partial charge < -0.3 is 19.0 Å². The summed E-state index contributed by atoms with van der Waals surface area (Å²) >= 11 is 0. The largest absolute Gasteiger partial charge is 0.497 e. The molecular formula is C21H21N3O5. The monoisotopic (exact) mass is 395 g/mol. The quantitative estimate of drug-likeness (QED) is 0.616. The Morgan fingerprint density at radius 2 is 1.97 bits per heavy atom. The van der Waals surface area contributed by atoms with Crippen LogP contribution in [0.25, 0.3) is 11.5 Å². The second-order valence-corrected chi connectivity index (χ2v) is 7.16. The number of ether oxygens (including phenoxy) is 1. The van der Waals surface area contributed by atoms with Gasteiger partial charge in [-0.2, -0.15) is 0 Å². The van der Waals surface area contributed by atoms with E-state index in [9.17, 15) is 9.59 Å². The summed E-state index contributed by atoms with van der Waals surface area (Å²) in [4.78, 5) is 26.5. The molecule has 1 aliphatic rings. The molecule has 1 aliphatic heterocycles. The number of hydrogen-bond acceptors (Lipinski definition) is 6. The molecular weight excluding hydrogens is 374 g/mol. The molecule has 8 heteroatoms. The van der Waals surface area contributed by atoms with E-state index in [0.29, 0.717) is 30.1 Å². The Hall–Kier alpha value is -3.55. The number of amides is 3. The number of carbonyl (C=O) groups is 2. The number of nitrogens with zero attached hydrogens (tertiary/aromatic N) is 2. The normalized spacial score (nSPS) is 18.9. The van der Waals surface area contributed by atoms with Crippen molar-refractivity contribution in [2.75, 3.05) is 7.11 Å². The highest BCUT2D eigenvalue weighted by Gasteiger charge is 2.47. The molecule has 0 saturated carbocycles. The molecule has 8 nitrogen and oxygen atoms in total. The van der Waals surface area contributed by atoms with Crippen molar-refractivity contribution in [2.24, 2.45) is 0 Å². The number of hydrogen-bond donors (Lipinski definition) is 1. The molecule has 29 heavy (non-hydrogen) atoms. The minimum Gasteiger partial charge on any atom is -0.497 e. The van der Waals surface area contributed by atoms with Crippen molar-refractivity contribution in [3.63, 3.8) is 0 Å². The van der Waals surface area contributed by atoms with Crippen LogP contribution in [0, 0.1) is 0 Å². The minimum atomic E-state index is -0.968. The van der Waals surface area contributed by atoms with Crippen LogP contribution >= 0.6 is 0 Å². The second-order valence-electron chi connectivity index (χ2n) is 7.16. The van der Waals surface area contributed by atoms with Crippen LogP contribution < -0.4 is 10.1 Å². The van der Waals surface area contributed by atoms with Crippen LogP contribution in [0.1, 0.15) is 24.6 Å². The molecule has 150 valence electrons. The molecule has 3 heterocycles. The molecule has 1 aromatic carbocycles. The first-order chi connectivity index (χ1) is 14.0. The Balaban J connectivity index is 1.42. The van der Waals surface area contributed by atoms with Gasteiger partial charge in [-0.25, -0.2) is 4.79 Å². The van der Waals surface area contributed by atoms with E-state index in [1.807, 2.05) is 24.3 Å². The zero-order valence-corrected chi connectivity index (χ0v) is 16.2. The zero-order chi connectivity index (χ0) is 20.4. The van der Waals surface area contributed by atoms with Crippen LogP contribution in [0.15, 0.2) is 57.7 Å². The van der Waals surface area contributed by atoms with E-state index in [-0.39, 0.29) is 12.5 Å². The summed E-state index contributed by atoms with van der Waals surface area (Å²) < 4.78 is 15.7. The third kappa shape index (κ3) is 3.73. The maximum absolute atomic E-state index is 12.9. The number of methoxy groups -OCH3 is 1. The predicted octanol–water partition coefficient (Wildman–Crippen LogP) is 3.39. The van der Waals surface area contributed by atoms with Crippen molar-refractivity contribution in [2.45, 2.75) is 31.8 Å². The summed E-state index contributed by atoms with van der Waals surface area (Å²) in [5.74, 6) is 1.47. The number of imide groups is 1. The van der Waals surface area contributed by atoms with Gasteiger partial charge in [0, 0.05) is 6.07 Å². The van der Waals surface area contributed by atoms with E-state index < -0.39 is 11.6 Å². The summed E-state index contributed by atoms with van der Waals surface area (Å²) in [6.07, 6.45) is 2.66. The number of aromatic nitrogens is 1. The zero-order valence-electron chi connectivity index (χ0n) is 16.2. The first kappa shape index (κ1) is 18.8. The van der Waals surface area contributed by atoms with Crippen molar-refractivity contribution < 1.29 is 23.3 Å². The fourth-order valence-corrected chi connectivity index (χ4v) is 3.33. The van der Waals surface area contributed by atoms with Gasteiger partial charge >= 0.3 is 6.03 Å². The van der Waals surface area contributed by atoms with Gasteiger partial charge in [0.25, 0.3) is 5.91 Å². The molecule has 1 atom stereocenters. The Morgan fingerprint density at radius 1 is 1.17 bits per heavy atom. The summed E-state index contributed by atoms with van der Waals surface area (Å²) in [5.41, 5.74) is 0.566. The van der Waals surface area contributed by atoms with Gasteiger partial charge in [-0.1, -0.05) is 17.3 Å². The number of nitrogens with one attached hydrogen (secondary N) is 1. The molecule has 3 amide bonds. The number of urea groups is 1. The third-order valence-electron chi connectivity index (χ3n) is 5.06. The predicted molar refractivity (Wildman–Crippen MR) is 103 cm³/mol. The Bertz CT molecular complexity index is 1010. The molecule has 0 radical (unpaired) electrons. The molecule has 0 unspecified atom stereocenters. The van der Waals surface area contributed by atoms with Gasteiger partial charge in [0.1, 0.15) is 17.0 Å². The molecule has 1 fully saturated rings. The molecule has 1 N–H and O–H groups in total. The lowest BCUT2D eigenvalue weighted by atomic mass is 9.93. The van der Waals surface area contributed by atoms with Crippen LogP contribution in [0.4, 0.5) is 4.79 Å². The van der Waals surface area contributed by atoms with Crippen LogP contribution in [-0.4, -0.2) is 34.6 Å². The number of aryl methyl sites for hydroxylation is 1. The topological polar surface area (TPSA) is 97.8 Å². The highest BCUT2D eigenvalue weighted by molar-refractivity contribution is 6.06. The van der Waals surface area contributed by atoms with E-state index in [0.717, 1.165) is 16.2 Å². The molecule has 0 spiro atoms. The van der Waals surface area contributed by atoms with Crippen LogP contribution in [-0.2, 0) is 17.8 Å². The molecule has 2 aromatic heterocycles. The average molecular weight is 395 g/mol. The summed E-state index contributed by atoms with van der Waals surface area (Å²) in [6, 6.07) is 12.4. The SMILES string of the molecule is COc1ccc(CC[C@]2(C)NC(=O)N(Cc3cc(-c4ccco4)on3)C2=O)cc1. The Labute approximate surface area is 167 Å². The van der Waals surface area contributed by atoms with E-state index in [1.54, 1.807) is 32.2 Å². The summed E-state index contributed by atoms with van der Waals surface area (Å²) in [5, 5.41) is 6.75. The van der Waals surface area contributed by atoms with Gasteiger partial charge in [0.15, 0.2) is 5.76 Å². The van der Waals surface area contributed by atoms with Crippen LogP contribution in [0.2, 0.25) is 0 Å². The standard InChI is InChI=1S/C21H21N3O5/c1-21(10-9-14-5-7-16(27-2)8-6-14)19(25)24(20(26)22-21)13-15-12-18(29-23-15)17-4-3-11-28-17/h3-8,11-12H,9-10,13H2,1-2H3,(H,22,26)/t21-/m0/s1. The fourth-order valence-electron chi connectivity index (χ4n) is 3.33. The van der Waals surface area contributed by atoms with E-state index in [4.69, 9.17) is 13.7 Å². The number of benzene rings is 1. The van der Waals surface area contributed by atoms with E-state index in [2.05, 4.69) is 10.5 Å². The number of furan rings is 1. The van der Waals surface area contributed by atoms with Crippen molar-refractivity contribution in [1.82, 2.24) is 15.4 Å². The summed E-state index contributed by atoms with van der Waals surface area (Å²) in [7, 11) is 1.61. The highest BCUT2D eigenvalue weighted by atomic mass is 16.5. The number of carbonyl (C=O) groups excluding carboxylic acids is 2. The Kier molecular flexibility index (Phi) is 4.84. The fraction of sp³-hybridized carbons (Fsp3) is 0.286. The van der Waals surface area contributed by atoms with E-state index in [1.165, 1.54) is 6.26 Å². The second kappa shape index (κ2) is 7.46. The smallest absolute Gasteiger partial charge is 0.325 e. The van der Waals surface area contributed by atoms with Crippen LogP contribution in [0.5, 0.6) is 5.75 Å². The molecule has 0 aliphatic carbocycles. The first-order valence-electron chi connectivity index (χ1n) is 9.25. The van der Waals surface area contributed by atoms with Gasteiger partial charge in [-0.3, -0.25) is 9.69 Å². The Morgan fingerprint density at radius 3 is 2.66 bits per heavy atom. The average Bonchev–Trinajstić information content (AvgIpc) is 3.45. The highest BCUT2D eigenvalue weighted by Crippen LogP contribution is 2.27. The maximum atomic E-state index is 12.9. The minimum absolute atomic E-state index is 0.0347. The van der Waals surface area contributed by atoms with Crippen molar-refractivity contribution >= 4 is 11.9 Å². The van der Waals surface area contributed by atoms with Crippen LogP contribution in [0.3, 0.4) is 0 Å².